The molecule has 0 spiro atoms. The fourth-order valence-electron chi connectivity index (χ4n) is 1.38. The molecule has 76 valence electrons. The molecule has 0 N–H and O–H groups in total. The van der Waals surface area contributed by atoms with Crippen molar-refractivity contribution >= 4 is 11.3 Å². The van der Waals surface area contributed by atoms with E-state index in [1.54, 1.807) is 0 Å². The van der Waals surface area contributed by atoms with Crippen LogP contribution in [0.1, 0.15) is 24.6 Å². The zero-order valence-electron chi connectivity index (χ0n) is 8.70. The van der Waals surface area contributed by atoms with E-state index in [-0.39, 0.29) is 0 Å². The highest BCUT2D eigenvalue weighted by atomic mass is 32.1. The molecule has 0 amide bonds. The Balaban J connectivity index is 2.29. The first-order valence-corrected chi connectivity index (χ1v) is 5.93. The van der Waals surface area contributed by atoms with E-state index in [4.69, 9.17) is 6.42 Å². The molecule has 1 nitrogen and oxygen atoms in total. The lowest BCUT2D eigenvalue weighted by molar-refractivity contribution is 0.280. The van der Waals surface area contributed by atoms with Gasteiger partial charge < -0.3 is 0 Å². The first kappa shape index (κ1) is 11.3. The minimum atomic E-state index is 0.890. The third-order valence-electron chi connectivity index (χ3n) is 2.20. The van der Waals surface area contributed by atoms with Crippen LogP contribution in [-0.4, -0.2) is 18.0 Å². The molecule has 0 aliphatic rings. The molecule has 1 aromatic rings. The van der Waals surface area contributed by atoms with E-state index >= 15 is 0 Å². The molecule has 0 atom stereocenters. The summed E-state index contributed by atoms with van der Waals surface area (Å²) in [5.74, 6) is 2.68. The molecular weight excluding hydrogens is 190 g/mol. The Kier molecular flexibility index (Phi) is 5.36. The lowest BCUT2D eigenvalue weighted by Crippen LogP contribution is -2.23. The molecule has 1 heterocycles. The van der Waals surface area contributed by atoms with E-state index in [0.29, 0.717) is 0 Å². The van der Waals surface area contributed by atoms with Crippen LogP contribution in [-0.2, 0) is 6.54 Å². The van der Waals surface area contributed by atoms with E-state index < -0.39 is 0 Å². The molecule has 0 aliphatic carbocycles. The van der Waals surface area contributed by atoms with Crippen LogP contribution in [0.25, 0.3) is 0 Å². The summed E-state index contributed by atoms with van der Waals surface area (Å²) in [5.41, 5.74) is 0. The van der Waals surface area contributed by atoms with Gasteiger partial charge in [0, 0.05) is 17.8 Å². The molecule has 2 heteroatoms. The average Bonchev–Trinajstić information content (AvgIpc) is 2.69. The molecule has 0 unspecified atom stereocenters. The minimum Gasteiger partial charge on any atom is -0.299 e. The van der Waals surface area contributed by atoms with Crippen LogP contribution in [0.3, 0.4) is 0 Å². The highest BCUT2D eigenvalue weighted by Crippen LogP contribution is 2.11. The lowest BCUT2D eigenvalue weighted by atomic mass is 10.3. The number of terminal acetylenes is 1. The topological polar surface area (TPSA) is 3.24 Å². The van der Waals surface area contributed by atoms with Crippen LogP contribution in [0.2, 0.25) is 0 Å². The second-order valence-corrected chi connectivity index (χ2v) is 4.29. The molecule has 0 fully saturated rings. The Morgan fingerprint density at radius 2 is 2.43 bits per heavy atom. The maximum atomic E-state index is 5.23. The molecule has 1 aromatic heterocycles. The van der Waals surface area contributed by atoms with E-state index in [0.717, 1.165) is 32.5 Å². The van der Waals surface area contributed by atoms with Gasteiger partial charge >= 0.3 is 0 Å². The molecule has 1 rings (SSSR count). The van der Waals surface area contributed by atoms with E-state index in [1.165, 1.54) is 4.88 Å². The number of rotatable bonds is 6. The van der Waals surface area contributed by atoms with Crippen molar-refractivity contribution in [3.8, 4) is 12.3 Å². The van der Waals surface area contributed by atoms with Gasteiger partial charge in [0.25, 0.3) is 0 Å². The average molecular weight is 207 g/mol. The Hall–Kier alpha value is -0.780. The van der Waals surface area contributed by atoms with Crippen LogP contribution in [0.15, 0.2) is 17.5 Å². The van der Waals surface area contributed by atoms with Gasteiger partial charge in [-0.1, -0.05) is 13.0 Å². The summed E-state index contributed by atoms with van der Waals surface area (Å²) >= 11 is 1.82. The van der Waals surface area contributed by atoms with Crippen LogP contribution in [0.4, 0.5) is 0 Å². The van der Waals surface area contributed by atoms with Crippen molar-refractivity contribution in [1.29, 1.82) is 0 Å². The Morgan fingerprint density at radius 1 is 1.57 bits per heavy atom. The first-order chi connectivity index (χ1) is 6.86. The van der Waals surface area contributed by atoms with E-state index in [9.17, 15) is 0 Å². The van der Waals surface area contributed by atoms with Gasteiger partial charge in [-0.15, -0.1) is 23.7 Å². The first-order valence-electron chi connectivity index (χ1n) is 5.05. The summed E-state index contributed by atoms with van der Waals surface area (Å²) in [5, 5.41) is 2.13. The zero-order chi connectivity index (χ0) is 10.2. The third-order valence-corrected chi connectivity index (χ3v) is 3.06. The van der Waals surface area contributed by atoms with Crippen molar-refractivity contribution in [2.24, 2.45) is 0 Å². The molecule has 0 saturated heterocycles. The summed E-state index contributed by atoms with van der Waals surface area (Å²) in [6.45, 7) is 5.48. The number of nitrogens with zero attached hydrogens (tertiary/aromatic N) is 1. The van der Waals surface area contributed by atoms with Crippen molar-refractivity contribution in [2.75, 3.05) is 13.1 Å². The van der Waals surface area contributed by atoms with Crippen molar-refractivity contribution in [2.45, 2.75) is 26.3 Å². The van der Waals surface area contributed by atoms with Crippen molar-refractivity contribution in [3.05, 3.63) is 22.4 Å². The molecule has 0 bridgehead atoms. The fraction of sp³-hybridized carbons (Fsp3) is 0.500. The molecule has 0 aliphatic heterocycles. The highest BCUT2D eigenvalue weighted by Gasteiger charge is 2.03. The summed E-state index contributed by atoms with van der Waals surface area (Å²) in [4.78, 5) is 3.87. The number of unbranched alkanes of at least 4 members (excludes halogenated alkanes) is 1. The highest BCUT2D eigenvalue weighted by molar-refractivity contribution is 7.09. The number of hydrogen-bond acceptors (Lipinski definition) is 2. The quantitative estimate of drug-likeness (QED) is 0.512. The molecule has 14 heavy (non-hydrogen) atoms. The van der Waals surface area contributed by atoms with E-state index in [2.05, 4.69) is 35.3 Å². The van der Waals surface area contributed by atoms with Crippen LogP contribution in [0.5, 0.6) is 0 Å². The summed E-state index contributed by atoms with van der Waals surface area (Å²) in [7, 11) is 0. The predicted molar refractivity (Wildman–Crippen MR) is 63.3 cm³/mol. The normalized spacial score (nSPS) is 10.4. The Morgan fingerprint density at radius 3 is 3.00 bits per heavy atom. The number of hydrogen-bond donors (Lipinski definition) is 0. The van der Waals surface area contributed by atoms with Gasteiger partial charge in [-0.25, -0.2) is 0 Å². The maximum Gasteiger partial charge on any atom is 0.0327 e. The summed E-state index contributed by atoms with van der Waals surface area (Å²) in [6.07, 6.45) is 7.22. The second kappa shape index (κ2) is 6.64. The summed E-state index contributed by atoms with van der Waals surface area (Å²) in [6, 6.07) is 4.30. The van der Waals surface area contributed by atoms with Gasteiger partial charge in [0.2, 0.25) is 0 Å². The maximum absolute atomic E-state index is 5.23. The van der Waals surface area contributed by atoms with Gasteiger partial charge in [-0.05, 0) is 31.0 Å². The molecule has 0 saturated carbocycles. The van der Waals surface area contributed by atoms with Gasteiger partial charge in [-0.2, -0.15) is 0 Å². The van der Waals surface area contributed by atoms with Crippen LogP contribution in [0, 0.1) is 12.3 Å². The van der Waals surface area contributed by atoms with Crippen LogP contribution >= 0.6 is 11.3 Å². The largest absolute Gasteiger partial charge is 0.299 e. The minimum absolute atomic E-state index is 0.890. The Bertz CT molecular complexity index is 271. The Labute approximate surface area is 90.8 Å². The van der Waals surface area contributed by atoms with E-state index in [1.807, 2.05) is 11.3 Å². The third kappa shape index (κ3) is 3.95. The number of thiophene rings is 1. The monoisotopic (exact) mass is 207 g/mol. The lowest BCUT2D eigenvalue weighted by Gasteiger charge is -2.18. The van der Waals surface area contributed by atoms with Crippen molar-refractivity contribution < 1.29 is 0 Å². The summed E-state index contributed by atoms with van der Waals surface area (Å²) < 4.78 is 0. The van der Waals surface area contributed by atoms with Gasteiger partial charge in [-0.3, -0.25) is 4.90 Å². The molecule has 0 aromatic carbocycles. The molecular formula is C12H17NS. The van der Waals surface area contributed by atoms with Gasteiger partial charge in [0.15, 0.2) is 0 Å². The predicted octanol–water partition coefficient (Wildman–Crippen LogP) is 2.98. The zero-order valence-corrected chi connectivity index (χ0v) is 9.52. The van der Waals surface area contributed by atoms with Gasteiger partial charge in [0.1, 0.15) is 0 Å². The standard InChI is InChI=1S/C12H17NS/c1-3-5-6-9-13(4-2)11-12-8-7-10-14-12/h1,7-8,10H,4-6,9,11H2,2H3. The van der Waals surface area contributed by atoms with Gasteiger partial charge in [0.05, 0.1) is 0 Å². The van der Waals surface area contributed by atoms with Crippen LogP contribution < -0.4 is 0 Å². The van der Waals surface area contributed by atoms with Crippen molar-refractivity contribution in [1.82, 2.24) is 4.90 Å². The smallest absolute Gasteiger partial charge is 0.0327 e. The SMILES string of the molecule is C#CCCCN(CC)Cc1cccs1. The van der Waals surface area contributed by atoms with Crippen molar-refractivity contribution in [3.63, 3.8) is 0 Å². The molecule has 0 radical (unpaired) electrons. The fourth-order valence-corrected chi connectivity index (χ4v) is 2.12. The second-order valence-electron chi connectivity index (χ2n) is 3.26.